The summed E-state index contributed by atoms with van der Waals surface area (Å²) in [6.07, 6.45) is -1.50. The summed E-state index contributed by atoms with van der Waals surface area (Å²) in [4.78, 5) is 3.98. The number of nitrogens with two attached hydrogens (primary N) is 2. The average Bonchev–Trinajstić information content (AvgIpc) is 2.95. The fraction of sp³-hybridized carbons (Fsp3) is 0.333. The van der Waals surface area contributed by atoms with E-state index in [1.165, 1.54) is 17.7 Å². The van der Waals surface area contributed by atoms with Crippen LogP contribution in [0.25, 0.3) is 16.6 Å². The Morgan fingerprint density at radius 1 is 1.31 bits per heavy atom. The number of hydrazine groups is 1. The first-order chi connectivity index (χ1) is 13.7. The van der Waals surface area contributed by atoms with E-state index in [4.69, 9.17) is 16.3 Å². The zero-order chi connectivity index (χ0) is 21.3. The Bertz CT molecular complexity index is 1020. The molecule has 0 saturated carbocycles. The van der Waals surface area contributed by atoms with Crippen molar-refractivity contribution in [1.29, 1.82) is 0 Å². The van der Waals surface area contributed by atoms with Gasteiger partial charge < -0.3 is 20.8 Å². The van der Waals surface area contributed by atoms with E-state index >= 15 is 0 Å². The summed E-state index contributed by atoms with van der Waals surface area (Å²) in [5.41, 5.74) is 7.26. The molecule has 156 valence electrons. The maximum Gasteiger partial charge on any atom is 0.257 e. The van der Waals surface area contributed by atoms with Gasteiger partial charge in [0.15, 0.2) is 5.82 Å². The van der Waals surface area contributed by atoms with E-state index in [-0.39, 0.29) is 29.0 Å². The molecule has 0 radical (unpaired) electrons. The topological polar surface area (TPSA) is 107 Å². The van der Waals surface area contributed by atoms with E-state index in [1.807, 2.05) is 13.8 Å². The Hall–Kier alpha value is -3.21. The Labute approximate surface area is 165 Å². The Kier molecular flexibility index (Phi) is 5.69. The van der Waals surface area contributed by atoms with Crippen LogP contribution in [0.15, 0.2) is 24.4 Å². The third-order valence-electron chi connectivity index (χ3n) is 4.14. The minimum atomic E-state index is -2.64. The molecule has 3 aromatic rings. The molecule has 2 heterocycles. The lowest BCUT2D eigenvalue weighted by atomic mass is 10.0. The van der Waals surface area contributed by atoms with E-state index < -0.39 is 18.8 Å². The van der Waals surface area contributed by atoms with Gasteiger partial charge in [-0.1, -0.05) is 6.07 Å². The van der Waals surface area contributed by atoms with Crippen LogP contribution in [0, 0.1) is 5.82 Å². The van der Waals surface area contributed by atoms with Crippen molar-refractivity contribution >= 4 is 22.8 Å². The van der Waals surface area contributed by atoms with E-state index in [2.05, 4.69) is 15.4 Å². The Morgan fingerprint density at radius 3 is 2.66 bits per heavy atom. The maximum absolute atomic E-state index is 14.8. The number of rotatable bonds is 7. The van der Waals surface area contributed by atoms with Crippen molar-refractivity contribution in [3.05, 3.63) is 30.2 Å². The van der Waals surface area contributed by atoms with E-state index in [0.717, 1.165) is 11.2 Å². The van der Waals surface area contributed by atoms with Crippen molar-refractivity contribution in [1.82, 2.24) is 14.6 Å². The van der Waals surface area contributed by atoms with Gasteiger partial charge in [0.05, 0.1) is 36.8 Å². The summed E-state index contributed by atoms with van der Waals surface area (Å²) >= 11 is 0. The molecule has 0 atom stereocenters. The van der Waals surface area contributed by atoms with Gasteiger partial charge in [-0.3, -0.25) is 0 Å². The minimum Gasteiger partial charge on any atom is -0.479 e. The first-order valence-corrected chi connectivity index (χ1v) is 8.81. The number of alkyl halides is 2. The molecule has 0 fully saturated rings. The van der Waals surface area contributed by atoms with Gasteiger partial charge >= 0.3 is 0 Å². The summed E-state index contributed by atoms with van der Waals surface area (Å²) in [7, 11) is 1.38. The molecule has 3 rings (SSSR count). The largest absolute Gasteiger partial charge is 0.479 e. The molecule has 1 aromatic carbocycles. The highest BCUT2D eigenvalue weighted by atomic mass is 19.3. The van der Waals surface area contributed by atoms with Crippen molar-refractivity contribution in [2.24, 2.45) is 5.84 Å². The number of halogens is 3. The number of nitrogens with one attached hydrogen (secondary N) is 1. The smallest absolute Gasteiger partial charge is 0.257 e. The molecular formula is C18H22F3N7O. The van der Waals surface area contributed by atoms with E-state index in [1.54, 1.807) is 12.1 Å². The van der Waals surface area contributed by atoms with Crippen LogP contribution in [0.1, 0.15) is 13.8 Å². The lowest BCUT2D eigenvalue weighted by Gasteiger charge is -2.24. The van der Waals surface area contributed by atoms with Gasteiger partial charge in [0, 0.05) is 6.04 Å². The zero-order valence-electron chi connectivity index (χ0n) is 16.2. The molecule has 29 heavy (non-hydrogen) atoms. The number of nitrogens with zero attached hydrogens (tertiary/aromatic N) is 4. The monoisotopic (exact) mass is 409 g/mol. The van der Waals surface area contributed by atoms with Gasteiger partial charge in [0.25, 0.3) is 6.43 Å². The molecule has 0 bridgehead atoms. The van der Waals surface area contributed by atoms with Crippen LogP contribution in [0.4, 0.5) is 30.5 Å². The number of hydrogen-bond donors (Lipinski definition) is 3. The van der Waals surface area contributed by atoms with Gasteiger partial charge in [0.2, 0.25) is 11.8 Å². The highest BCUT2D eigenvalue weighted by Crippen LogP contribution is 2.37. The Balaban J connectivity index is 2.20. The molecular weight excluding hydrogens is 387 g/mol. The molecule has 0 amide bonds. The number of nitrogen functional groups attached to an aromatic ring is 1. The van der Waals surface area contributed by atoms with Crippen LogP contribution in [-0.4, -0.2) is 40.7 Å². The van der Waals surface area contributed by atoms with Crippen molar-refractivity contribution in [2.75, 3.05) is 29.7 Å². The summed E-state index contributed by atoms with van der Waals surface area (Å²) < 4.78 is 47.1. The van der Waals surface area contributed by atoms with Gasteiger partial charge in [0.1, 0.15) is 5.52 Å². The summed E-state index contributed by atoms with van der Waals surface area (Å²) in [5.74, 6) is 5.27. The molecule has 5 N–H and O–H groups in total. The summed E-state index contributed by atoms with van der Waals surface area (Å²) in [6, 6.07) is 4.87. The van der Waals surface area contributed by atoms with Crippen LogP contribution in [0.3, 0.4) is 0 Å². The molecule has 0 saturated heterocycles. The van der Waals surface area contributed by atoms with Crippen molar-refractivity contribution in [2.45, 2.75) is 26.3 Å². The van der Waals surface area contributed by atoms with Gasteiger partial charge in [-0.2, -0.15) is 4.98 Å². The second-order valence-corrected chi connectivity index (χ2v) is 6.70. The number of benzene rings is 1. The third kappa shape index (κ3) is 4.14. The fourth-order valence-electron chi connectivity index (χ4n) is 3.06. The quantitative estimate of drug-likeness (QED) is 0.407. The first kappa shape index (κ1) is 20.5. The highest BCUT2D eigenvalue weighted by Gasteiger charge is 2.22. The highest BCUT2D eigenvalue weighted by molar-refractivity contribution is 5.88. The van der Waals surface area contributed by atoms with Crippen LogP contribution < -0.4 is 26.6 Å². The lowest BCUT2D eigenvalue weighted by Crippen LogP contribution is -2.36. The van der Waals surface area contributed by atoms with Crippen LogP contribution in [0.2, 0.25) is 0 Å². The van der Waals surface area contributed by atoms with Gasteiger partial charge in [-0.25, -0.2) is 23.5 Å². The summed E-state index contributed by atoms with van der Waals surface area (Å²) in [6.45, 7) is 3.12. The maximum atomic E-state index is 14.8. The second kappa shape index (κ2) is 8.03. The van der Waals surface area contributed by atoms with Crippen LogP contribution in [0.5, 0.6) is 5.88 Å². The standard InChI is InChI=1S/C18H22F3N7O/c1-9(2)24-12-5-4-10(6-13(12)27(23)8-14(20)21)15-11(19)7-28-16(15)17(29-3)25-18(22)26-28/h4-7,9,14,24H,8,23H2,1-3H3,(H2,22,26). The number of methoxy groups -OCH3 is 1. The number of fused-ring (bicyclic) bond motifs is 1. The van der Waals surface area contributed by atoms with Gasteiger partial charge in [-0.15, -0.1) is 5.10 Å². The molecule has 0 spiro atoms. The molecule has 8 nitrogen and oxygen atoms in total. The number of hydrogen-bond acceptors (Lipinski definition) is 7. The van der Waals surface area contributed by atoms with Crippen LogP contribution in [-0.2, 0) is 0 Å². The molecule has 2 aromatic heterocycles. The summed E-state index contributed by atoms with van der Waals surface area (Å²) in [5, 5.41) is 8.04. The third-order valence-corrected chi connectivity index (χ3v) is 4.14. The number of aromatic nitrogens is 3. The van der Waals surface area contributed by atoms with Crippen molar-refractivity contribution in [3.8, 4) is 17.0 Å². The SMILES string of the molecule is COc1nc(N)nn2cc(F)c(-c3ccc(NC(C)C)c(N(N)CC(F)F)c3)c12. The van der Waals surface area contributed by atoms with Crippen molar-refractivity contribution < 1.29 is 17.9 Å². The average molecular weight is 409 g/mol. The van der Waals surface area contributed by atoms with E-state index in [9.17, 15) is 13.2 Å². The van der Waals surface area contributed by atoms with Crippen LogP contribution >= 0.6 is 0 Å². The normalized spacial score (nSPS) is 11.5. The molecule has 0 aliphatic heterocycles. The number of ether oxygens (including phenoxy) is 1. The lowest BCUT2D eigenvalue weighted by molar-refractivity contribution is 0.155. The van der Waals surface area contributed by atoms with Gasteiger partial charge in [-0.05, 0) is 31.5 Å². The zero-order valence-corrected chi connectivity index (χ0v) is 16.2. The second-order valence-electron chi connectivity index (χ2n) is 6.70. The molecule has 0 unspecified atom stereocenters. The molecule has 11 heteroatoms. The number of anilines is 3. The van der Waals surface area contributed by atoms with E-state index in [0.29, 0.717) is 16.9 Å². The Morgan fingerprint density at radius 2 is 2.03 bits per heavy atom. The van der Waals surface area contributed by atoms with Crippen molar-refractivity contribution in [3.63, 3.8) is 0 Å². The fourth-order valence-corrected chi connectivity index (χ4v) is 3.06. The minimum absolute atomic E-state index is 0.0306. The molecule has 0 aliphatic carbocycles. The first-order valence-electron chi connectivity index (χ1n) is 8.81. The predicted octanol–water partition coefficient (Wildman–Crippen LogP) is 2.89. The molecule has 0 aliphatic rings. The predicted molar refractivity (Wildman–Crippen MR) is 106 cm³/mol.